The highest BCUT2D eigenvalue weighted by Gasteiger charge is 2.07. The Hall–Kier alpha value is 0.480. The minimum absolute atomic E-state index is 0.857. The van der Waals surface area contributed by atoms with E-state index in [2.05, 4.69) is 36.7 Å². The highest BCUT2D eigenvalue weighted by Crippen LogP contribution is 2.21. The molecule has 0 aliphatic rings. The third-order valence-corrected chi connectivity index (χ3v) is 3.98. The van der Waals surface area contributed by atoms with Gasteiger partial charge in [-0.1, -0.05) is 68.8 Å². The van der Waals surface area contributed by atoms with Crippen LogP contribution in [0.2, 0.25) is 0 Å². The number of halogens is 1. The summed E-state index contributed by atoms with van der Waals surface area (Å²) < 4.78 is 0. The number of alkyl halides is 1. The molecule has 80 valence electrons. The number of hydrogen-bond acceptors (Lipinski definition) is 0. The van der Waals surface area contributed by atoms with Crippen LogP contribution >= 0.6 is 15.9 Å². The maximum Gasteiger partial charge on any atom is 0.00570 e. The average molecular weight is 249 g/mol. The van der Waals surface area contributed by atoms with Crippen molar-refractivity contribution >= 4 is 15.9 Å². The first-order valence-corrected chi connectivity index (χ1v) is 6.92. The molecule has 0 saturated carbocycles. The molecular formula is C12H25Br. The van der Waals surface area contributed by atoms with Gasteiger partial charge in [-0.15, -0.1) is 0 Å². The minimum Gasteiger partial charge on any atom is -0.0925 e. The smallest absolute Gasteiger partial charge is 0.00570 e. The van der Waals surface area contributed by atoms with E-state index in [1.807, 2.05) is 0 Å². The summed E-state index contributed by atoms with van der Waals surface area (Å²) in [4.78, 5) is 0. The summed E-state index contributed by atoms with van der Waals surface area (Å²) in [5, 5.41) is 1.16. The monoisotopic (exact) mass is 248 g/mol. The zero-order valence-corrected chi connectivity index (χ0v) is 11.1. The van der Waals surface area contributed by atoms with E-state index in [9.17, 15) is 0 Å². The first-order valence-electron chi connectivity index (χ1n) is 5.80. The second kappa shape index (κ2) is 9.05. The lowest BCUT2D eigenvalue weighted by Gasteiger charge is -2.16. The van der Waals surface area contributed by atoms with E-state index in [0.29, 0.717) is 0 Å². The number of unbranched alkanes of at least 4 members (excludes halogenated alkanes) is 1. The quantitative estimate of drug-likeness (QED) is 0.530. The van der Waals surface area contributed by atoms with Gasteiger partial charge in [-0.2, -0.15) is 0 Å². The Labute approximate surface area is 92.6 Å². The molecule has 0 amide bonds. The van der Waals surface area contributed by atoms with Gasteiger partial charge in [-0.05, 0) is 18.3 Å². The molecule has 0 aromatic carbocycles. The summed E-state index contributed by atoms with van der Waals surface area (Å²) in [5.41, 5.74) is 0. The fraction of sp³-hybridized carbons (Fsp3) is 1.00. The maximum atomic E-state index is 3.54. The minimum atomic E-state index is 0.857. The summed E-state index contributed by atoms with van der Waals surface area (Å²) in [6.45, 7) is 6.95. The fourth-order valence-electron chi connectivity index (χ4n) is 1.64. The second-order valence-corrected chi connectivity index (χ2v) is 4.90. The molecule has 2 atom stereocenters. The van der Waals surface area contributed by atoms with Crippen LogP contribution in [0.1, 0.15) is 59.3 Å². The Bertz CT molecular complexity index is 101. The van der Waals surface area contributed by atoms with E-state index >= 15 is 0 Å². The van der Waals surface area contributed by atoms with Crippen LogP contribution in [0.3, 0.4) is 0 Å². The van der Waals surface area contributed by atoms with Crippen molar-refractivity contribution in [1.82, 2.24) is 0 Å². The molecule has 1 heteroatoms. The van der Waals surface area contributed by atoms with Crippen LogP contribution in [0.4, 0.5) is 0 Å². The predicted molar refractivity (Wildman–Crippen MR) is 65.5 cm³/mol. The Morgan fingerprint density at radius 3 is 2.23 bits per heavy atom. The lowest BCUT2D eigenvalue weighted by molar-refractivity contribution is 0.383. The van der Waals surface area contributed by atoms with Crippen LogP contribution in [0.15, 0.2) is 0 Å². The summed E-state index contributed by atoms with van der Waals surface area (Å²) in [6, 6.07) is 0. The molecule has 0 bridgehead atoms. The van der Waals surface area contributed by atoms with Crippen LogP contribution < -0.4 is 0 Å². The van der Waals surface area contributed by atoms with Gasteiger partial charge in [0.15, 0.2) is 0 Å². The van der Waals surface area contributed by atoms with Gasteiger partial charge in [0.2, 0.25) is 0 Å². The molecule has 0 aromatic heterocycles. The van der Waals surface area contributed by atoms with Crippen molar-refractivity contribution in [2.45, 2.75) is 59.3 Å². The topological polar surface area (TPSA) is 0 Å². The number of rotatable bonds is 8. The SMILES string of the molecule is CCCCC(CC)CCC(C)CBr. The predicted octanol–water partition coefficient (Wildman–Crippen LogP) is 5.01. The number of hydrogen-bond donors (Lipinski definition) is 0. The molecule has 13 heavy (non-hydrogen) atoms. The standard InChI is InChI=1S/C12H25Br/c1-4-6-7-12(5-2)9-8-11(3)10-13/h11-12H,4-10H2,1-3H3. The Kier molecular flexibility index (Phi) is 9.39. The van der Waals surface area contributed by atoms with Gasteiger partial charge < -0.3 is 0 Å². The molecule has 0 fully saturated rings. The molecule has 0 heterocycles. The molecule has 0 rings (SSSR count). The Balaban J connectivity index is 3.46. The molecule has 0 N–H and O–H groups in total. The lowest BCUT2D eigenvalue weighted by atomic mass is 9.91. The highest BCUT2D eigenvalue weighted by molar-refractivity contribution is 9.09. The molecule has 0 spiro atoms. The molecule has 0 aliphatic heterocycles. The molecule has 0 aliphatic carbocycles. The zero-order chi connectivity index (χ0) is 10.1. The van der Waals surface area contributed by atoms with Gasteiger partial charge in [0.25, 0.3) is 0 Å². The van der Waals surface area contributed by atoms with E-state index in [1.54, 1.807) is 0 Å². The van der Waals surface area contributed by atoms with Gasteiger partial charge in [-0.25, -0.2) is 0 Å². The molecule has 0 aromatic rings. The normalized spacial score (nSPS) is 15.7. The van der Waals surface area contributed by atoms with Crippen molar-refractivity contribution in [3.8, 4) is 0 Å². The molecular weight excluding hydrogens is 224 g/mol. The largest absolute Gasteiger partial charge is 0.0925 e. The zero-order valence-electron chi connectivity index (χ0n) is 9.48. The van der Waals surface area contributed by atoms with Crippen molar-refractivity contribution in [3.63, 3.8) is 0 Å². The molecule has 2 unspecified atom stereocenters. The van der Waals surface area contributed by atoms with E-state index < -0.39 is 0 Å². The summed E-state index contributed by atoms with van der Waals surface area (Å²) in [6.07, 6.45) is 8.42. The lowest BCUT2D eigenvalue weighted by Crippen LogP contribution is -2.03. The average Bonchev–Trinajstić information content (AvgIpc) is 2.17. The molecule has 0 radical (unpaired) electrons. The van der Waals surface area contributed by atoms with E-state index in [-0.39, 0.29) is 0 Å². The van der Waals surface area contributed by atoms with Gasteiger partial charge >= 0.3 is 0 Å². The van der Waals surface area contributed by atoms with Crippen LogP contribution in [0.5, 0.6) is 0 Å². The maximum absolute atomic E-state index is 3.54. The first-order chi connectivity index (χ1) is 6.24. The van der Waals surface area contributed by atoms with Gasteiger partial charge in [-0.3, -0.25) is 0 Å². The third kappa shape index (κ3) is 7.54. The van der Waals surface area contributed by atoms with E-state index in [0.717, 1.165) is 17.2 Å². The second-order valence-electron chi connectivity index (χ2n) is 4.25. The van der Waals surface area contributed by atoms with Gasteiger partial charge in [0, 0.05) is 5.33 Å². The van der Waals surface area contributed by atoms with Crippen molar-refractivity contribution in [3.05, 3.63) is 0 Å². The summed E-state index contributed by atoms with van der Waals surface area (Å²) >= 11 is 3.54. The van der Waals surface area contributed by atoms with Crippen molar-refractivity contribution in [2.75, 3.05) is 5.33 Å². The fourth-order valence-corrected chi connectivity index (χ4v) is 1.97. The van der Waals surface area contributed by atoms with Gasteiger partial charge in [0.1, 0.15) is 0 Å². The highest BCUT2D eigenvalue weighted by atomic mass is 79.9. The Morgan fingerprint density at radius 1 is 1.08 bits per heavy atom. The van der Waals surface area contributed by atoms with Crippen molar-refractivity contribution < 1.29 is 0 Å². The third-order valence-electron chi connectivity index (χ3n) is 2.87. The molecule has 0 nitrogen and oxygen atoms in total. The van der Waals surface area contributed by atoms with Gasteiger partial charge in [0.05, 0.1) is 0 Å². The van der Waals surface area contributed by atoms with E-state index in [1.165, 1.54) is 38.5 Å². The summed E-state index contributed by atoms with van der Waals surface area (Å²) in [7, 11) is 0. The van der Waals surface area contributed by atoms with Crippen LogP contribution in [-0.4, -0.2) is 5.33 Å². The first kappa shape index (κ1) is 13.5. The van der Waals surface area contributed by atoms with E-state index in [4.69, 9.17) is 0 Å². The van der Waals surface area contributed by atoms with Crippen molar-refractivity contribution in [2.24, 2.45) is 11.8 Å². The van der Waals surface area contributed by atoms with Crippen LogP contribution in [0.25, 0.3) is 0 Å². The van der Waals surface area contributed by atoms with Crippen LogP contribution in [0, 0.1) is 11.8 Å². The Morgan fingerprint density at radius 2 is 1.77 bits per heavy atom. The summed E-state index contributed by atoms with van der Waals surface area (Å²) in [5.74, 6) is 1.84. The molecule has 0 saturated heterocycles. The van der Waals surface area contributed by atoms with Crippen LogP contribution in [-0.2, 0) is 0 Å². The van der Waals surface area contributed by atoms with Crippen molar-refractivity contribution in [1.29, 1.82) is 0 Å².